The Bertz CT molecular complexity index is 563. The number of hydrogen-bond donors (Lipinski definition) is 2. The van der Waals surface area contributed by atoms with Crippen LogP contribution in [0.4, 0.5) is 11.4 Å². The molecule has 1 aromatic rings. The van der Waals surface area contributed by atoms with E-state index >= 15 is 0 Å². The van der Waals surface area contributed by atoms with Crippen LogP contribution in [-0.4, -0.2) is 16.9 Å². The monoisotopic (exact) mass is 276 g/mol. The fourth-order valence-corrected chi connectivity index (χ4v) is 1.69. The number of nitrogens with zero attached hydrogens (tertiary/aromatic N) is 2. The lowest BCUT2D eigenvalue weighted by atomic mass is 10.0. The molecule has 0 spiro atoms. The lowest BCUT2D eigenvalue weighted by molar-refractivity contribution is -0.384. The molecular formula is C13H16N4O3. The summed E-state index contributed by atoms with van der Waals surface area (Å²) in [5.74, 6) is -0.146. The van der Waals surface area contributed by atoms with Crippen LogP contribution in [0.15, 0.2) is 18.2 Å². The zero-order valence-electron chi connectivity index (χ0n) is 11.3. The van der Waals surface area contributed by atoms with Gasteiger partial charge >= 0.3 is 0 Å². The van der Waals surface area contributed by atoms with Crippen LogP contribution in [0.3, 0.4) is 0 Å². The molecular weight excluding hydrogens is 260 g/mol. The molecule has 0 aliphatic heterocycles. The molecule has 1 aromatic carbocycles. The van der Waals surface area contributed by atoms with Crippen molar-refractivity contribution in [1.82, 2.24) is 0 Å². The molecule has 1 rings (SSSR count). The Morgan fingerprint density at radius 1 is 1.55 bits per heavy atom. The van der Waals surface area contributed by atoms with E-state index in [9.17, 15) is 14.9 Å². The standard InChI is InChI=1S/C13H16N4O3/c1-8(2)5-11(15)13(18)16-12-4-3-10(17(19)20)6-9(12)7-14/h3-4,6,8,11H,5,15H2,1-2H3,(H,16,18). The van der Waals surface area contributed by atoms with Crippen molar-refractivity contribution in [3.8, 4) is 6.07 Å². The Morgan fingerprint density at radius 2 is 2.20 bits per heavy atom. The van der Waals surface area contributed by atoms with Gasteiger partial charge in [-0.1, -0.05) is 13.8 Å². The SMILES string of the molecule is CC(C)CC(N)C(=O)Nc1ccc([N+](=O)[O-])cc1C#N. The van der Waals surface area contributed by atoms with E-state index in [1.54, 1.807) is 0 Å². The van der Waals surface area contributed by atoms with Crippen molar-refractivity contribution in [2.45, 2.75) is 26.3 Å². The predicted molar refractivity (Wildman–Crippen MR) is 73.9 cm³/mol. The molecule has 1 amide bonds. The molecule has 3 N–H and O–H groups in total. The van der Waals surface area contributed by atoms with Gasteiger partial charge in [-0.15, -0.1) is 0 Å². The summed E-state index contributed by atoms with van der Waals surface area (Å²) in [6.07, 6.45) is 0.515. The van der Waals surface area contributed by atoms with Gasteiger partial charge in [0, 0.05) is 12.1 Å². The minimum Gasteiger partial charge on any atom is -0.324 e. The minimum atomic E-state index is -0.684. The van der Waals surface area contributed by atoms with Crippen LogP contribution < -0.4 is 11.1 Å². The second-order valence-corrected chi connectivity index (χ2v) is 4.82. The first-order valence-corrected chi connectivity index (χ1v) is 6.10. The first kappa shape index (κ1) is 15.6. The van der Waals surface area contributed by atoms with Gasteiger partial charge in [0.05, 0.1) is 22.2 Å². The normalized spacial score (nSPS) is 11.8. The number of nitro benzene ring substituents is 1. The van der Waals surface area contributed by atoms with Crippen LogP contribution in [0.2, 0.25) is 0 Å². The number of nitrogens with one attached hydrogen (secondary N) is 1. The number of rotatable bonds is 5. The predicted octanol–water partition coefficient (Wildman–Crippen LogP) is 1.78. The highest BCUT2D eigenvalue weighted by molar-refractivity contribution is 5.95. The fraction of sp³-hybridized carbons (Fsp3) is 0.385. The number of amides is 1. The van der Waals surface area contributed by atoms with Gasteiger partial charge in [0.25, 0.3) is 5.69 Å². The molecule has 0 fully saturated rings. The van der Waals surface area contributed by atoms with Gasteiger partial charge in [-0.2, -0.15) is 5.26 Å². The van der Waals surface area contributed by atoms with Crippen LogP contribution in [0, 0.1) is 27.4 Å². The van der Waals surface area contributed by atoms with Gasteiger partial charge in [0.2, 0.25) is 5.91 Å². The van der Waals surface area contributed by atoms with Crippen molar-refractivity contribution in [3.05, 3.63) is 33.9 Å². The number of hydrogen-bond acceptors (Lipinski definition) is 5. The number of nitro groups is 1. The van der Waals surface area contributed by atoms with E-state index in [2.05, 4.69) is 5.32 Å². The Morgan fingerprint density at radius 3 is 2.70 bits per heavy atom. The van der Waals surface area contributed by atoms with Crippen LogP contribution in [-0.2, 0) is 4.79 Å². The Labute approximate surface area is 116 Å². The lowest BCUT2D eigenvalue weighted by Crippen LogP contribution is -2.36. The molecule has 0 aliphatic carbocycles. The van der Waals surface area contributed by atoms with Crippen molar-refractivity contribution in [2.24, 2.45) is 11.7 Å². The van der Waals surface area contributed by atoms with Crippen LogP contribution >= 0.6 is 0 Å². The summed E-state index contributed by atoms with van der Waals surface area (Å²) < 4.78 is 0. The summed E-state index contributed by atoms with van der Waals surface area (Å²) in [5, 5.41) is 22.1. The summed E-state index contributed by atoms with van der Waals surface area (Å²) in [6.45, 7) is 3.89. The van der Waals surface area contributed by atoms with Crippen molar-refractivity contribution < 1.29 is 9.72 Å². The number of anilines is 1. The van der Waals surface area contributed by atoms with Gasteiger partial charge in [-0.3, -0.25) is 14.9 Å². The summed E-state index contributed by atoms with van der Waals surface area (Å²) >= 11 is 0. The molecule has 0 radical (unpaired) electrons. The number of carbonyl (C=O) groups is 1. The Hall–Kier alpha value is -2.46. The van der Waals surface area contributed by atoms with E-state index in [4.69, 9.17) is 11.0 Å². The smallest absolute Gasteiger partial charge is 0.270 e. The van der Waals surface area contributed by atoms with Gasteiger partial charge in [-0.25, -0.2) is 0 Å². The number of nitrogens with two attached hydrogens (primary N) is 1. The average Bonchev–Trinajstić information content (AvgIpc) is 2.37. The van der Waals surface area contributed by atoms with Crippen molar-refractivity contribution in [2.75, 3.05) is 5.32 Å². The van der Waals surface area contributed by atoms with Crippen molar-refractivity contribution in [3.63, 3.8) is 0 Å². The van der Waals surface area contributed by atoms with E-state index in [0.717, 1.165) is 6.07 Å². The molecule has 0 saturated carbocycles. The summed E-state index contributed by atoms with van der Waals surface area (Å²) in [6, 6.07) is 4.80. The van der Waals surface area contributed by atoms with E-state index in [0.29, 0.717) is 6.42 Å². The molecule has 20 heavy (non-hydrogen) atoms. The fourth-order valence-electron chi connectivity index (χ4n) is 1.69. The van der Waals surface area contributed by atoms with Gasteiger partial charge in [0.1, 0.15) is 6.07 Å². The molecule has 7 nitrogen and oxygen atoms in total. The molecule has 1 atom stereocenters. The van der Waals surface area contributed by atoms with E-state index < -0.39 is 16.9 Å². The molecule has 1 unspecified atom stereocenters. The number of nitriles is 1. The van der Waals surface area contributed by atoms with Crippen LogP contribution in [0.25, 0.3) is 0 Å². The number of non-ortho nitro benzene ring substituents is 1. The third kappa shape index (κ3) is 4.03. The second-order valence-electron chi connectivity index (χ2n) is 4.82. The summed E-state index contributed by atoms with van der Waals surface area (Å²) in [4.78, 5) is 21.9. The largest absolute Gasteiger partial charge is 0.324 e. The highest BCUT2D eigenvalue weighted by Gasteiger charge is 2.17. The molecule has 0 saturated heterocycles. The highest BCUT2D eigenvalue weighted by atomic mass is 16.6. The quantitative estimate of drug-likeness (QED) is 0.627. The van der Waals surface area contributed by atoms with Crippen molar-refractivity contribution >= 4 is 17.3 Å². The Kier molecular flexibility index (Phi) is 5.17. The van der Waals surface area contributed by atoms with E-state index in [1.165, 1.54) is 12.1 Å². The summed E-state index contributed by atoms with van der Waals surface area (Å²) in [7, 11) is 0. The van der Waals surface area contributed by atoms with Gasteiger partial charge in [-0.05, 0) is 18.4 Å². The highest BCUT2D eigenvalue weighted by Crippen LogP contribution is 2.21. The van der Waals surface area contributed by atoms with Gasteiger partial charge < -0.3 is 11.1 Å². The maximum Gasteiger partial charge on any atom is 0.270 e. The zero-order chi connectivity index (χ0) is 15.3. The molecule has 0 aromatic heterocycles. The maximum atomic E-state index is 11.9. The van der Waals surface area contributed by atoms with E-state index in [1.807, 2.05) is 19.9 Å². The third-order valence-corrected chi connectivity index (χ3v) is 2.65. The first-order chi connectivity index (χ1) is 9.35. The molecule has 0 aliphatic rings. The number of carbonyl (C=O) groups excluding carboxylic acids is 1. The van der Waals surface area contributed by atoms with Crippen molar-refractivity contribution in [1.29, 1.82) is 5.26 Å². The second kappa shape index (κ2) is 6.63. The summed E-state index contributed by atoms with van der Waals surface area (Å²) in [5.41, 5.74) is 5.79. The topological polar surface area (TPSA) is 122 Å². The maximum absolute atomic E-state index is 11.9. The molecule has 7 heteroatoms. The van der Waals surface area contributed by atoms with Gasteiger partial charge in [0.15, 0.2) is 0 Å². The minimum absolute atomic E-state index is 0.0318. The first-order valence-electron chi connectivity index (χ1n) is 6.10. The number of benzene rings is 1. The van der Waals surface area contributed by atoms with E-state index in [-0.39, 0.29) is 22.9 Å². The lowest BCUT2D eigenvalue weighted by Gasteiger charge is -2.14. The molecule has 0 heterocycles. The average molecular weight is 276 g/mol. The molecule has 0 bridgehead atoms. The van der Waals surface area contributed by atoms with Crippen LogP contribution in [0.1, 0.15) is 25.8 Å². The zero-order valence-corrected chi connectivity index (χ0v) is 11.3. The molecule has 106 valence electrons. The van der Waals surface area contributed by atoms with Crippen LogP contribution in [0.5, 0.6) is 0 Å². The third-order valence-electron chi connectivity index (χ3n) is 2.65. The Balaban J connectivity index is 2.90.